The fourth-order valence-corrected chi connectivity index (χ4v) is 2.17. The van der Waals surface area contributed by atoms with Crippen molar-refractivity contribution in [1.29, 1.82) is 0 Å². The van der Waals surface area contributed by atoms with Gasteiger partial charge in [0.1, 0.15) is 0 Å². The normalized spacial score (nSPS) is 31.0. The highest BCUT2D eigenvalue weighted by atomic mass is 16.4. The van der Waals surface area contributed by atoms with Crippen LogP contribution in [0.5, 0.6) is 0 Å². The minimum absolute atomic E-state index is 0.445. The minimum Gasteiger partial charge on any atom is -0.481 e. The van der Waals surface area contributed by atoms with Crippen LogP contribution in [0.2, 0.25) is 0 Å². The lowest BCUT2D eigenvalue weighted by Gasteiger charge is -2.36. The molecule has 3 nitrogen and oxygen atoms in total. The third kappa shape index (κ3) is 3.06. The highest BCUT2D eigenvalue weighted by molar-refractivity contribution is 5.75. The Bertz CT molecular complexity index is 269. The summed E-state index contributed by atoms with van der Waals surface area (Å²) in [5.74, 6) is -0.223. The van der Waals surface area contributed by atoms with E-state index in [-0.39, 0.29) is 0 Å². The third-order valence-electron chi connectivity index (χ3n) is 3.05. The molecule has 0 aliphatic carbocycles. The predicted molar refractivity (Wildman–Crippen MR) is 60.8 cm³/mol. The van der Waals surface area contributed by atoms with Crippen LogP contribution in [0.3, 0.4) is 0 Å². The number of hydrogen-bond donors (Lipinski definition) is 2. The van der Waals surface area contributed by atoms with Crippen molar-refractivity contribution < 1.29 is 9.90 Å². The van der Waals surface area contributed by atoms with Crippen LogP contribution in [-0.2, 0) is 4.79 Å². The lowest BCUT2D eigenvalue weighted by molar-refractivity contribution is -0.150. The molecule has 0 saturated carbocycles. The zero-order valence-electron chi connectivity index (χ0n) is 9.84. The van der Waals surface area contributed by atoms with Crippen molar-refractivity contribution in [3.63, 3.8) is 0 Å². The van der Waals surface area contributed by atoms with Crippen molar-refractivity contribution in [3.05, 3.63) is 11.6 Å². The van der Waals surface area contributed by atoms with E-state index in [1.807, 2.05) is 19.9 Å². The van der Waals surface area contributed by atoms with Crippen molar-refractivity contribution in [2.24, 2.45) is 11.3 Å². The molecule has 86 valence electrons. The van der Waals surface area contributed by atoms with Crippen molar-refractivity contribution in [3.8, 4) is 0 Å². The second-order valence-corrected chi connectivity index (χ2v) is 5.01. The molecule has 0 spiro atoms. The number of carboxylic acid groups (broad SMARTS) is 1. The molecule has 0 amide bonds. The second kappa shape index (κ2) is 4.79. The van der Waals surface area contributed by atoms with Gasteiger partial charge >= 0.3 is 5.97 Å². The Kier molecular flexibility index (Phi) is 3.91. The topological polar surface area (TPSA) is 49.3 Å². The Balaban J connectivity index is 2.78. The Morgan fingerprint density at radius 2 is 2.27 bits per heavy atom. The first-order chi connectivity index (χ1) is 6.96. The van der Waals surface area contributed by atoms with Crippen LogP contribution >= 0.6 is 0 Å². The van der Waals surface area contributed by atoms with Crippen LogP contribution in [0.15, 0.2) is 11.6 Å². The quantitative estimate of drug-likeness (QED) is 0.702. The van der Waals surface area contributed by atoms with Crippen LogP contribution in [0, 0.1) is 11.3 Å². The molecule has 1 saturated heterocycles. The summed E-state index contributed by atoms with van der Waals surface area (Å²) in [7, 11) is 0. The van der Waals surface area contributed by atoms with Crippen LogP contribution in [0.4, 0.5) is 0 Å². The van der Waals surface area contributed by atoms with Gasteiger partial charge in [-0.15, -0.1) is 0 Å². The van der Waals surface area contributed by atoms with Gasteiger partial charge in [0.15, 0.2) is 0 Å². The molecule has 2 atom stereocenters. The van der Waals surface area contributed by atoms with E-state index in [0.717, 1.165) is 13.0 Å². The molecule has 1 fully saturated rings. The Labute approximate surface area is 91.6 Å². The van der Waals surface area contributed by atoms with Crippen molar-refractivity contribution >= 4 is 5.97 Å². The molecule has 1 aliphatic heterocycles. The molecule has 1 rings (SSSR count). The summed E-state index contributed by atoms with van der Waals surface area (Å²) < 4.78 is 0. The Morgan fingerprint density at radius 3 is 2.73 bits per heavy atom. The third-order valence-corrected chi connectivity index (χ3v) is 3.05. The Morgan fingerprint density at radius 1 is 1.60 bits per heavy atom. The van der Waals surface area contributed by atoms with Gasteiger partial charge < -0.3 is 10.4 Å². The van der Waals surface area contributed by atoms with Crippen LogP contribution < -0.4 is 5.32 Å². The maximum Gasteiger partial charge on any atom is 0.311 e. The molecule has 3 heteroatoms. The summed E-state index contributed by atoms with van der Waals surface area (Å²) in [5.41, 5.74) is 0.600. The van der Waals surface area contributed by atoms with E-state index < -0.39 is 11.4 Å². The number of allylic oxidation sites excluding steroid dienone is 2. The lowest BCUT2D eigenvalue weighted by Crippen LogP contribution is -2.48. The van der Waals surface area contributed by atoms with Gasteiger partial charge in [0.2, 0.25) is 0 Å². The summed E-state index contributed by atoms with van der Waals surface area (Å²) in [5, 5.41) is 12.6. The SMILES string of the molecule is CC(C)=CCC1(C(=O)O)CNCC(C)C1. The van der Waals surface area contributed by atoms with Gasteiger partial charge in [-0.3, -0.25) is 4.79 Å². The summed E-state index contributed by atoms with van der Waals surface area (Å²) in [6.45, 7) is 7.65. The van der Waals surface area contributed by atoms with Gasteiger partial charge in [0.25, 0.3) is 0 Å². The van der Waals surface area contributed by atoms with E-state index in [9.17, 15) is 9.90 Å². The smallest absolute Gasteiger partial charge is 0.311 e. The van der Waals surface area contributed by atoms with Gasteiger partial charge in [0.05, 0.1) is 5.41 Å². The molecule has 0 radical (unpaired) electrons. The van der Waals surface area contributed by atoms with Crippen molar-refractivity contribution in [1.82, 2.24) is 5.32 Å². The average molecular weight is 211 g/mol. The summed E-state index contributed by atoms with van der Waals surface area (Å²) in [4.78, 5) is 11.4. The first-order valence-electron chi connectivity index (χ1n) is 5.54. The molecule has 0 bridgehead atoms. The van der Waals surface area contributed by atoms with Gasteiger partial charge in [-0.2, -0.15) is 0 Å². The van der Waals surface area contributed by atoms with Crippen LogP contribution in [0.1, 0.15) is 33.6 Å². The zero-order valence-corrected chi connectivity index (χ0v) is 9.84. The molecule has 0 aromatic carbocycles. The molecule has 15 heavy (non-hydrogen) atoms. The fourth-order valence-electron chi connectivity index (χ4n) is 2.17. The summed E-state index contributed by atoms with van der Waals surface area (Å²) >= 11 is 0. The van der Waals surface area contributed by atoms with Gasteiger partial charge in [0, 0.05) is 6.54 Å². The van der Waals surface area contributed by atoms with E-state index in [1.54, 1.807) is 0 Å². The summed E-state index contributed by atoms with van der Waals surface area (Å²) in [6.07, 6.45) is 3.45. The number of aliphatic carboxylic acids is 1. The van der Waals surface area contributed by atoms with Crippen molar-refractivity contribution in [2.45, 2.75) is 33.6 Å². The second-order valence-electron chi connectivity index (χ2n) is 5.01. The monoisotopic (exact) mass is 211 g/mol. The maximum atomic E-state index is 11.4. The highest BCUT2D eigenvalue weighted by Crippen LogP contribution is 2.34. The number of carbonyl (C=O) groups is 1. The van der Waals surface area contributed by atoms with Crippen LogP contribution in [-0.4, -0.2) is 24.2 Å². The van der Waals surface area contributed by atoms with E-state index in [0.29, 0.717) is 18.9 Å². The molecule has 2 unspecified atom stereocenters. The van der Waals surface area contributed by atoms with Crippen molar-refractivity contribution in [2.75, 3.05) is 13.1 Å². The van der Waals surface area contributed by atoms with E-state index in [2.05, 4.69) is 12.2 Å². The average Bonchev–Trinajstić information content (AvgIpc) is 2.14. The Hall–Kier alpha value is -0.830. The van der Waals surface area contributed by atoms with Crippen LogP contribution in [0.25, 0.3) is 0 Å². The van der Waals surface area contributed by atoms with E-state index in [4.69, 9.17) is 0 Å². The molecule has 1 aliphatic rings. The standard InChI is InChI=1S/C12H21NO2/c1-9(2)4-5-12(11(14)15)6-10(3)7-13-8-12/h4,10,13H,5-8H2,1-3H3,(H,14,15). The molecule has 2 N–H and O–H groups in total. The van der Waals surface area contributed by atoms with E-state index >= 15 is 0 Å². The molecular weight excluding hydrogens is 190 g/mol. The van der Waals surface area contributed by atoms with Gasteiger partial charge in [-0.1, -0.05) is 18.6 Å². The summed E-state index contributed by atoms with van der Waals surface area (Å²) in [6, 6.07) is 0. The number of carboxylic acids is 1. The number of hydrogen-bond acceptors (Lipinski definition) is 2. The zero-order chi connectivity index (χ0) is 11.5. The number of nitrogens with one attached hydrogen (secondary N) is 1. The van der Waals surface area contributed by atoms with Gasteiger partial charge in [-0.05, 0) is 39.2 Å². The van der Waals surface area contributed by atoms with Gasteiger partial charge in [-0.25, -0.2) is 0 Å². The lowest BCUT2D eigenvalue weighted by atomic mass is 9.74. The number of rotatable bonds is 3. The minimum atomic E-state index is -0.668. The fraction of sp³-hybridized carbons (Fsp3) is 0.750. The molecule has 1 heterocycles. The number of piperidine rings is 1. The molecular formula is C12H21NO2. The molecule has 0 aromatic rings. The maximum absolute atomic E-state index is 11.4. The highest BCUT2D eigenvalue weighted by Gasteiger charge is 2.40. The predicted octanol–water partition coefficient (Wildman–Crippen LogP) is 2.04. The largest absolute Gasteiger partial charge is 0.481 e. The first-order valence-corrected chi connectivity index (χ1v) is 5.54. The van der Waals surface area contributed by atoms with E-state index in [1.165, 1.54) is 5.57 Å². The molecule has 0 aromatic heterocycles. The first kappa shape index (κ1) is 12.2.